The van der Waals surface area contributed by atoms with Gasteiger partial charge in [-0.25, -0.2) is 0 Å². The molecule has 4 nitrogen and oxygen atoms in total. The minimum atomic E-state index is -0.0299. The van der Waals surface area contributed by atoms with Crippen molar-refractivity contribution in [2.24, 2.45) is 0 Å². The average molecular weight is 284 g/mol. The zero-order valence-corrected chi connectivity index (χ0v) is 12.4. The Morgan fingerprint density at radius 1 is 1.10 bits per heavy atom. The molecule has 0 aliphatic carbocycles. The van der Waals surface area contributed by atoms with E-state index in [-0.39, 0.29) is 11.7 Å². The first-order chi connectivity index (χ1) is 10.1. The monoisotopic (exact) mass is 284 g/mol. The maximum atomic E-state index is 11.8. The fraction of sp³-hybridized carbons (Fsp3) is 0.353. The highest BCUT2D eigenvalue weighted by Gasteiger charge is 2.29. The van der Waals surface area contributed by atoms with Gasteiger partial charge >= 0.3 is 0 Å². The minimum absolute atomic E-state index is 0.0299. The summed E-state index contributed by atoms with van der Waals surface area (Å²) < 4.78 is 7.54. The Morgan fingerprint density at radius 2 is 1.81 bits per heavy atom. The number of aromatic nitrogens is 1. The molecule has 1 aliphatic heterocycles. The molecule has 0 unspecified atom stereocenters. The van der Waals surface area contributed by atoms with E-state index in [0.717, 1.165) is 24.5 Å². The first kappa shape index (κ1) is 13.9. The topological polar surface area (TPSA) is 34.5 Å². The maximum Gasteiger partial charge on any atom is 0.255 e. The maximum absolute atomic E-state index is 11.8. The van der Waals surface area contributed by atoms with Gasteiger partial charge in [0.05, 0.1) is 0 Å². The molecule has 1 saturated heterocycles. The predicted molar refractivity (Wildman–Crippen MR) is 83.2 cm³/mol. The molecular weight excluding hydrogens is 264 g/mol. The molecule has 0 radical (unpaired) electrons. The Morgan fingerprint density at radius 3 is 2.43 bits per heavy atom. The Hall–Kier alpha value is -2.07. The summed E-state index contributed by atoms with van der Waals surface area (Å²) in [6.07, 6.45) is 2.04. The lowest BCUT2D eigenvalue weighted by Crippen LogP contribution is -2.56. The molecule has 0 bridgehead atoms. The number of hydrogen-bond acceptors (Lipinski definition) is 3. The first-order valence-electron chi connectivity index (χ1n) is 7.32. The predicted octanol–water partition coefficient (Wildman–Crippen LogP) is 2.31. The van der Waals surface area contributed by atoms with Crippen molar-refractivity contribution < 1.29 is 4.74 Å². The highest BCUT2D eigenvalue weighted by Crippen LogP contribution is 2.20. The molecule has 0 amide bonds. The summed E-state index contributed by atoms with van der Waals surface area (Å²) in [5.74, 6) is 0.858. The number of nitrogens with zero attached hydrogens (tertiary/aromatic N) is 2. The van der Waals surface area contributed by atoms with Crippen LogP contribution >= 0.6 is 0 Å². The van der Waals surface area contributed by atoms with Crippen molar-refractivity contribution in [2.45, 2.75) is 26.0 Å². The second-order valence-corrected chi connectivity index (χ2v) is 5.69. The van der Waals surface area contributed by atoms with Crippen LogP contribution in [0.3, 0.4) is 0 Å². The third-order valence-electron chi connectivity index (χ3n) is 3.85. The van der Waals surface area contributed by atoms with E-state index in [0.29, 0.717) is 6.04 Å². The van der Waals surface area contributed by atoms with E-state index in [2.05, 4.69) is 18.7 Å². The van der Waals surface area contributed by atoms with E-state index in [1.165, 1.54) is 0 Å². The lowest BCUT2D eigenvalue weighted by molar-refractivity contribution is 0.000154. The summed E-state index contributed by atoms with van der Waals surface area (Å²) in [7, 11) is 0. The van der Waals surface area contributed by atoms with Crippen LogP contribution in [0.25, 0.3) is 5.69 Å². The number of pyridine rings is 1. The third kappa shape index (κ3) is 3.00. The van der Waals surface area contributed by atoms with Gasteiger partial charge in [-0.3, -0.25) is 14.3 Å². The molecule has 0 atom stereocenters. The molecule has 1 fully saturated rings. The standard InChI is InChI=1S/C17H20N2O2/c1-13(2)18-11-16(12-18)21-15-8-6-14(7-9-15)19-10-4-3-5-17(19)20/h3-10,13,16H,11-12H2,1-2H3. The van der Waals surface area contributed by atoms with Crippen molar-refractivity contribution in [2.75, 3.05) is 13.1 Å². The molecule has 1 aromatic carbocycles. The third-order valence-corrected chi connectivity index (χ3v) is 3.85. The summed E-state index contributed by atoms with van der Waals surface area (Å²) >= 11 is 0. The summed E-state index contributed by atoms with van der Waals surface area (Å²) in [6.45, 7) is 6.36. The van der Waals surface area contributed by atoms with Gasteiger partial charge in [-0.1, -0.05) is 6.07 Å². The van der Waals surface area contributed by atoms with Crippen LogP contribution in [0.4, 0.5) is 0 Å². The van der Waals surface area contributed by atoms with E-state index in [4.69, 9.17) is 4.74 Å². The van der Waals surface area contributed by atoms with Gasteiger partial charge in [-0.15, -0.1) is 0 Å². The number of ether oxygens (including phenoxy) is 1. The zero-order valence-electron chi connectivity index (χ0n) is 12.4. The van der Waals surface area contributed by atoms with Crippen molar-refractivity contribution in [3.8, 4) is 11.4 Å². The highest BCUT2D eigenvalue weighted by atomic mass is 16.5. The quantitative estimate of drug-likeness (QED) is 0.864. The molecule has 3 rings (SSSR count). The Kier molecular flexibility index (Phi) is 3.80. The number of rotatable bonds is 4. The van der Waals surface area contributed by atoms with Crippen molar-refractivity contribution in [1.82, 2.24) is 9.47 Å². The molecule has 0 saturated carbocycles. The average Bonchev–Trinajstić information content (AvgIpc) is 2.43. The number of likely N-dealkylation sites (tertiary alicyclic amines) is 1. The lowest BCUT2D eigenvalue weighted by Gasteiger charge is -2.41. The minimum Gasteiger partial charge on any atom is -0.488 e. The molecule has 2 heterocycles. The van der Waals surface area contributed by atoms with Crippen LogP contribution in [-0.4, -0.2) is 34.7 Å². The van der Waals surface area contributed by atoms with Gasteiger partial charge in [-0.2, -0.15) is 0 Å². The molecular formula is C17H20N2O2. The smallest absolute Gasteiger partial charge is 0.255 e. The van der Waals surface area contributed by atoms with Crippen LogP contribution in [-0.2, 0) is 0 Å². The summed E-state index contributed by atoms with van der Waals surface area (Å²) in [4.78, 5) is 14.1. The normalized spacial score (nSPS) is 16.0. The second-order valence-electron chi connectivity index (χ2n) is 5.69. The second kappa shape index (κ2) is 5.74. The molecule has 1 aromatic heterocycles. The van der Waals surface area contributed by atoms with E-state index in [9.17, 15) is 4.79 Å². The van der Waals surface area contributed by atoms with E-state index in [1.807, 2.05) is 30.3 Å². The van der Waals surface area contributed by atoms with Crippen LogP contribution in [0, 0.1) is 0 Å². The van der Waals surface area contributed by atoms with Gasteiger partial charge in [0.1, 0.15) is 11.9 Å². The fourth-order valence-electron chi connectivity index (χ4n) is 2.48. The van der Waals surface area contributed by atoms with E-state index < -0.39 is 0 Å². The number of hydrogen-bond donors (Lipinski definition) is 0. The van der Waals surface area contributed by atoms with E-state index >= 15 is 0 Å². The molecule has 4 heteroatoms. The van der Waals surface area contributed by atoms with Gasteiger partial charge < -0.3 is 4.74 Å². The molecule has 0 spiro atoms. The molecule has 2 aromatic rings. The van der Waals surface area contributed by atoms with Crippen LogP contribution in [0.15, 0.2) is 53.5 Å². The summed E-state index contributed by atoms with van der Waals surface area (Å²) in [6, 6.07) is 13.4. The van der Waals surface area contributed by atoms with Gasteiger partial charge in [0.25, 0.3) is 5.56 Å². The molecule has 21 heavy (non-hydrogen) atoms. The fourth-order valence-corrected chi connectivity index (χ4v) is 2.48. The van der Waals surface area contributed by atoms with Crippen LogP contribution in [0.5, 0.6) is 5.75 Å². The Labute approximate surface area is 124 Å². The molecule has 0 N–H and O–H groups in total. The Balaban J connectivity index is 1.66. The van der Waals surface area contributed by atoms with Gasteiger partial charge in [0.2, 0.25) is 0 Å². The first-order valence-corrected chi connectivity index (χ1v) is 7.32. The van der Waals surface area contributed by atoms with E-state index in [1.54, 1.807) is 22.9 Å². The molecule has 1 aliphatic rings. The molecule has 110 valence electrons. The van der Waals surface area contributed by atoms with Crippen molar-refractivity contribution in [3.63, 3.8) is 0 Å². The van der Waals surface area contributed by atoms with Crippen LogP contribution in [0.2, 0.25) is 0 Å². The summed E-state index contributed by atoms with van der Waals surface area (Å²) in [5, 5.41) is 0. The van der Waals surface area contributed by atoms with Crippen LogP contribution < -0.4 is 10.3 Å². The zero-order chi connectivity index (χ0) is 14.8. The van der Waals surface area contributed by atoms with Gasteiger partial charge in [0, 0.05) is 37.1 Å². The lowest BCUT2D eigenvalue weighted by atomic mass is 10.1. The Bertz CT molecular complexity index is 655. The van der Waals surface area contributed by atoms with Crippen molar-refractivity contribution in [3.05, 3.63) is 59.0 Å². The highest BCUT2D eigenvalue weighted by molar-refractivity contribution is 5.37. The van der Waals surface area contributed by atoms with Crippen molar-refractivity contribution in [1.29, 1.82) is 0 Å². The van der Waals surface area contributed by atoms with Crippen molar-refractivity contribution >= 4 is 0 Å². The summed E-state index contributed by atoms with van der Waals surface area (Å²) in [5.41, 5.74) is 0.822. The van der Waals surface area contributed by atoms with Gasteiger partial charge in [-0.05, 0) is 44.2 Å². The van der Waals surface area contributed by atoms with Crippen LogP contribution in [0.1, 0.15) is 13.8 Å². The van der Waals surface area contributed by atoms with Gasteiger partial charge in [0.15, 0.2) is 0 Å². The number of benzene rings is 1. The SMILES string of the molecule is CC(C)N1CC(Oc2ccc(-n3ccccc3=O)cc2)C1. The largest absolute Gasteiger partial charge is 0.488 e.